The Bertz CT molecular complexity index is 1680. The van der Waals surface area contributed by atoms with Crippen LogP contribution in [-0.2, 0) is 10.0 Å². The number of fused-ring (bicyclic) bond motifs is 2. The monoisotopic (exact) mass is 512 g/mol. The van der Waals surface area contributed by atoms with Crippen molar-refractivity contribution in [1.82, 2.24) is 0 Å². The highest BCUT2D eigenvalue weighted by molar-refractivity contribution is 7.92. The molecule has 0 atom stereocenters. The molecule has 0 unspecified atom stereocenters. The molecule has 0 saturated heterocycles. The van der Waals surface area contributed by atoms with E-state index in [9.17, 15) is 22.8 Å². The topological polar surface area (TPSA) is 119 Å². The normalized spacial score (nSPS) is 12.4. The van der Waals surface area contributed by atoms with Gasteiger partial charge >= 0.3 is 0 Å². The van der Waals surface area contributed by atoms with Crippen LogP contribution in [0.1, 0.15) is 42.2 Å². The van der Waals surface area contributed by atoms with E-state index in [-0.39, 0.29) is 44.5 Å². The Morgan fingerprint density at radius 3 is 2.00 bits per heavy atom. The van der Waals surface area contributed by atoms with Crippen LogP contribution in [0.2, 0.25) is 0 Å². The quantitative estimate of drug-likeness (QED) is 0.345. The van der Waals surface area contributed by atoms with Crippen molar-refractivity contribution in [2.75, 3.05) is 17.1 Å². The van der Waals surface area contributed by atoms with Gasteiger partial charge in [0.05, 0.1) is 23.3 Å². The minimum atomic E-state index is -3.99. The zero-order chi connectivity index (χ0) is 26.2. The number of rotatable bonds is 6. The van der Waals surface area contributed by atoms with E-state index in [2.05, 4.69) is 10.0 Å². The molecule has 1 aliphatic carbocycles. The SMILES string of the molecule is COc1ccc(S(=O)(=O)Nc2ccccc2C(=O)Nc2ccc3c(c2)C(=O)c2ccccc2C3=O)cc1. The summed E-state index contributed by atoms with van der Waals surface area (Å²) in [6, 6.07) is 23.1. The van der Waals surface area contributed by atoms with E-state index in [0.29, 0.717) is 16.9 Å². The van der Waals surface area contributed by atoms with Crippen molar-refractivity contribution in [3.8, 4) is 5.75 Å². The number of sulfonamides is 1. The Labute approximate surface area is 213 Å². The third kappa shape index (κ3) is 4.48. The third-order valence-electron chi connectivity index (χ3n) is 5.97. The maximum Gasteiger partial charge on any atom is 0.261 e. The fourth-order valence-corrected chi connectivity index (χ4v) is 5.18. The van der Waals surface area contributed by atoms with E-state index in [0.717, 1.165) is 0 Å². The number of hydrogen-bond acceptors (Lipinski definition) is 6. The van der Waals surface area contributed by atoms with Gasteiger partial charge in [0.1, 0.15) is 5.75 Å². The molecule has 4 aromatic carbocycles. The maximum atomic E-state index is 13.1. The first-order valence-electron chi connectivity index (χ1n) is 11.2. The Hall–Kier alpha value is -4.76. The number of carbonyl (C=O) groups excluding carboxylic acids is 3. The van der Waals surface area contributed by atoms with Crippen LogP contribution in [0.5, 0.6) is 5.75 Å². The fraction of sp³-hybridized carbons (Fsp3) is 0.0357. The summed E-state index contributed by atoms with van der Waals surface area (Å²) < 4.78 is 33.3. The summed E-state index contributed by atoms with van der Waals surface area (Å²) in [6.07, 6.45) is 0. The maximum absolute atomic E-state index is 13.1. The predicted molar refractivity (Wildman–Crippen MR) is 138 cm³/mol. The molecule has 0 aromatic heterocycles. The molecule has 0 fully saturated rings. The van der Waals surface area contributed by atoms with Crippen LogP contribution >= 0.6 is 0 Å². The summed E-state index contributed by atoms with van der Waals surface area (Å²) in [4.78, 5) is 39.0. The summed E-state index contributed by atoms with van der Waals surface area (Å²) in [5, 5.41) is 2.69. The fourth-order valence-electron chi connectivity index (χ4n) is 4.10. The van der Waals surface area contributed by atoms with Crippen LogP contribution in [0.4, 0.5) is 11.4 Å². The molecule has 5 rings (SSSR count). The van der Waals surface area contributed by atoms with Gasteiger partial charge in [-0.05, 0) is 54.6 Å². The predicted octanol–water partition coefficient (Wildman–Crippen LogP) is 4.52. The van der Waals surface area contributed by atoms with E-state index in [4.69, 9.17) is 4.74 Å². The number of methoxy groups -OCH3 is 1. The summed E-state index contributed by atoms with van der Waals surface area (Å²) >= 11 is 0. The number of ketones is 2. The molecule has 184 valence electrons. The second-order valence-electron chi connectivity index (χ2n) is 8.24. The lowest BCUT2D eigenvalue weighted by Crippen LogP contribution is -2.22. The van der Waals surface area contributed by atoms with Crippen LogP contribution < -0.4 is 14.8 Å². The van der Waals surface area contributed by atoms with E-state index in [1.807, 2.05) is 0 Å². The summed E-state index contributed by atoms with van der Waals surface area (Å²) in [5.74, 6) is -0.661. The molecule has 8 nitrogen and oxygen atoms in total. The molecule has 4 aromatic rings. The van der Waals surface area contributed by atoms with Gasteiger partial charge in [-0.15, -0.1) is 0 Å². The van der Waals surface area contributed by atoms with Gasteiger partial charge < -0.3 is 10.1 Å². The largest absolute Gasteiger partial charge is 0.497 e. The second-order valence-corrected chi connectivity index (χ2v) is 9.93. The number of amides is 1. The van der Waals surface area contributed by atoms with Crippen LogP contribution in [-0.4, -0.2) is 33.0 Å². The van der Waals surface area contributed by atoms with Crippen molar-refractivity contribution in [1.29, 1.82) is 0 Å². The number of ether oxygens (including phenoxy) is 1. The minimum absolute atomic E-state index is 0.00154. The van der Waals surface area contributed by atoms with Gasteiger partial charge in [-0.3, -0.25) is 19.1 Å². The Morgan fingerprint density at radius 2 is 1.32 bits per heavy atom. The van der Waals surface area contributed by atoms with E-state index in [1.165, 1.54) is 61.7 Å². The van der Waals surface area contributed by atoms with Crippen LogP contribution in [0.3, 0.4) is 0 Å². The average Bonchev–Trinajstić information content (AvgIpc) is 2.92. The molecule has 9 heteroatoms. The van der Waals surface area contributed by atoms with Crippen molar-refractivity contribution in [2.45, 2.75) is 4.90 Å². The summed E-state index contributed by atoms with van der Waals surface area (Å²) in [6.45, 7) is 0. The molecular formula is C28H20N2O6S. The number of carbonyl (C=O) groups is 3. The van der Waals surface area contributed by atoms with Crippen molar-refractivity contribution >= 4 is 38.9 Å². The highest BCUT2D eigenvalue weighted by Gasteiger charge is 2.29. The van der Waals surface area contributed by atoms with Crippen LogP contribution in [0, 0.1) is 0 Å². The van der Waals surface area contributed by atoms with Crippen LogP contribution in [0.25, 0.3) is 0 Å². The van der Waals surface area contributed by atoms with E-state index in [1.54, 1.807) is 36.4 Å². The van der Waals surface area contributed by atoms with E-state index < -0.39 is 15.9 Å². The molecule has 0 heterocycles. The number of nitrogens with one attached hydrogen (secondary N) is 2. The van der Waals surface area contributed by atoms with Crippen molar-refractivity contribution in [3.05, 3.63) is 119 Å². The van der Waals surface area contributed by atoms with Crippen molar-refractivity contribution in [2.24, 2.45) is 0 Å². The van der Waals surface area contributed by atoms with Gasteiger partial charge in [-0.2, -0.15) is 0 Å². The lowest BCUT2D eigenvalue weighted by atomic mass is 9.84. The Balaban J connectivity index is 1.41. The molecule has 0 radical (unpaired) electrons. The first-order valence-corrected chi connectivity index (χ1v) is 12.7. The average molecular weight is 513 g/mol. The molecular weight excluding hydrogens is 492 g/mol. The molecule has 0 aliphatic heterocycles. The standard InChI is InChI=1S/C28H20N2O6S/c1-36-18-11-13-19(14-12-18)37(34,35)30-25-9-5-4-8-23(25)28(33)29-17-10-15-22-24(16-17)27(32)21-7-3-2-6-20(21)26(22)31/h2-16,30H,1H3,(H,29,33). The van der Waals surface area contributed by atoms with Gasteiger partial charge in [-0.1, -0.05) is 36.4 Å². The lowest BCUT2D eigenvalue weighted by molar-refractivity contribution is 0.0979. The molecule has 0 bridgehead atoms. The molecule has 1 amide bonds. The van der Waals surface area contributed by atoms with Crippen molar-refractivity contribution < 1.29 is 27.5 Å². The summed E-state index contributed by atoms with van der Waals surface area (Å²) in [7, 11) is -2.51. The highest BCUT2D eigenvalue weighted by Crippen LogP contribution is 2.30. The highest BCUT2D eigenvalue weighted by atomic mass is 32.2. The lowest BCUT2D eigenvalue weighted by Gasteiger charge is -2.18. The summed E-state index contributed by atoms with van der Waals surface area (Å²) in [5.41, 5.74) is 1.54. The first kappa shape index (κ1) is 24.0. The zero-order valence-electron chi connectivity index (χ0n) is 19.5. The number of para-hydroxylation sites is 1. The molecule has 37 heavy (non-hydrogen) atoms. The Morgan fingerprint density at radius 1 is 0.730 bits per heavy atom. The number of benzene rings is 4. The number of hydrogen-bond donors (Lipinski definition) is 2. The van der Waals surface area contributed by atoms with Gasteiger partial charge in [-0.25, -0.2) is 8.42 Å². The molecule has 2 N–H and O–H groups in total. The Kier molecular flexibility index (Phi) is 6.06. The second kappa shape index (κ2) is 9.36. The van der Waals surface area contributed by atoms with Gasteiger partial charge in [0, 0.05) is 27.9 Å². The smallest absolute Gasteiger partial charge is 0.261 e. The van der Waals surface area contributed by atoms with Gasteiger partial charge in [0.25, 0.3) is 15.9 Å². The zero-order valence-corrected chi connectivity index (χ0v) is 20.3. The first-order chi connectivity index (χ1) is 17.8. The minimum Gasteiger partial charge on any atom is -0.497 e. The molecule has 0 saturated carbocycles. The van der Waals surface area contributed by atoms with Crippen LogP contribution in [0.15, 0.2) is 95.9 Å². The van der Waals surface area contributed by atoms with Gasteiger partial charge in [0.2, 0.25) is 0 Å². The molecule has 1 aliphatic rings. The van der Waals surface area contributed by atoms with Crippen molar-refractivity contribution in [3.63, 3.8) is 0 Å². The van der Waals surface area contributed by atoms with Gasteiger partial charge in [0.15, 0.2) is 11.6 Å². The molecule has 0 spiro atoms. The number of anilines is 2. The van der Waals surface area contributed by atoms with E-state index >= 15 is 0 Å². The third-order valence-corrected chi connectivity index (χ3v) is 7.35.